The van der Waals surface area contributed by atoms with Gasteiger partial charge < -0.3 is 24.6 Å². The van der Waals surface area contributed by atoms with Gasteiger partial charge in [0.05, 0.1) is 25.8 Å². The van der Waals surface area contributed by atoms with Gasteiger partial charge in [-0.15, -0.1) is 0 Å². The van der Waals surface area contributed by atoms with Crippen LogP contribution in [0.3, 0.4) is 0 Å². The number of nitrogens with zero attached hydrogens (tertiary/aromatic N) is 4. The molecular formula is C36H34F3N5O5. The van der Waals surface area contributed by atoms with E-state index in [1.807, 2.05) is 0 Å². The quantitative estimate of drug-likeness (QED) is 0.0637. The molecule has 254 valence electrons. The van der Waals surface area contributed by atoms with Crippen molar-refractivity contribution in [3.8, 4) is 11.5 Å². The first-order valence-corrected chi connectivity index (χ1v) is 15.4. The van der Waals surface area contributed by atoms with Gasteiger partial charge >= 0.3 is 6.18 Å². The Morgan fingerprint density at radius 2 is 1.71 bits per heavy atom. The standard InChI is InChI=1S/C36H34F3N5O5/c1-47-30-12-6-11-25(20-30)32-35(21-26-8-2-3-9-27(26)23-42-44-40,34(46)41-22-28-10-4-5-13-31(28)36(37,38)39)43-33(49-32)24-14-16-29(17-15-24)48-19-7-18-45/h2-6,8-17,20,32,45H,7,18-19,21-23H2,1H3,(H,41,46)/t32-,35-/m1/s1. The summed E-state index contributed by atoms with van der Waals surface area (Å²) in [5, 5.41) is 15.5. The predicted molar refractivity (Wildman–Crippen MR) is 176 cm³/mol. The highest BCUT2D eigenvalue weighted by Gasteiger charge is 2.53. The molecule has 0 saturated carbocycles. The second kappa shape index (κ2) is 15.6. The van der Waals surface area contributed by atoms with Crippen LogP contribution in [-0.2, 0) is 35.2 Å². The Morgan fingerprint density at radius 3 is 2.41 bits per heavy atom. The third-order valence-electron chi connectivity index (χ3n) is 8.07. The molecule has 0 aliphatic carbocycles. The van der Waals surface area contributed by atoms with Crippen LogP contribution in [0.5, 0.6) is 11.5 Å². The van der Waals surface area contributed by atoms with Crippen molar-refractivity contribution in [2.45, 2.75) is 43.8 Å². The van der Waals surface area contributed by atoms with E-state index in [0.717, 1.165) is 6.07 Å². The molecule has 1 aliphatic rings. The van der Waals surface area contributed by atoms with Crippen molar-refractivity contribution in [1.82, 2.24) is 5.32 Å². The Bertz CT molecular complexity index is 1840. The first-order valence-electron chi connectivity index (χ1n) is 15.4. The third-order valence-corrected chi connectivity index (χ3v) is 8.07. The van der Waals surface area contributed by atoms with Gasteiger partial charge in [-0.1, -0.05) is 59.7 Å². The van der Waals surface area contributed by atoms with E-state index in [1.165, 1.54) is 25.3 Å². The number of benzene rings is 4. The number of hydrogen-bond acceptors (Lipinski definition) is 7. The van der Waals surface area contributed by atoms with Gasteiger partial charge in [0.25, 0.3) is 5.91 Å². The van der Waals surface area contributed by atoms with Gasteiger partial charge in [-0.2, -0.15) is 13.2 Å². The largest absolute Gasteiger partial charge is 0.497 e. The van der Waals surface area contributed by atoms with E-state index in [4.69, 9.17) is 29.8 Å². The zero-order chi connectivity index (χ0) is 34.9. The topological polar surface area (TPSA) is 138 Å². The number of ether oxygens (including phenoxy) is 3. The highest BCUT2D eigenvalue weighted by atomic mass is 19.4. The first-order chi connectivity index (χ1) is 23.7. The summed E-state index contributed by atoms with van der Waals surface area (Å²) in [4.78, 5) is 22.4. The fraction of sp³-hybridized carbons (Fsp3) is 0.278. The van der Waals surface area contributed by atoms with Crippen LogP contribution >= 0.6 is 0 Å². The maximum atomic E-state index is 14.6. The number of azide groups is 1. The molecular weight excluding hydrogens is 639 g/mol. The lowest BCUT2D eigenvalue weighted by Gasteiger charge is -2.31. The second-order valence-electron chi connectivity index (χ2n) is 11.2. The normalized spacial score (nSPS) is 17.0. The first kappa shape index (κ1) is 34.8. The summed E-state index contributed by atoms with van der Waals surface area (Å²) in [6.45, 7) is -0.109. The number of methoxy groups -OCH3 is 1. The van der Waals surface area contributed by atoms with Crippen LogP contribution in [0.25, 0.3) is 10.4 Å². The van der Waals surface area contributed by atoms with E-state index >= 15 is 0 Å². The highest BCUT2D eigenvalue weighted by Crippen LogP contribution is 2.44. The van der Waals surface area contributed by atoms with Gasteiger partial charge in [-0.05, 0) is 70.2 Å². The maximum absolute atomic E-state index is 14.6. The lowest BCUT2D eigenvalue weighted by atomic mass is 9.80. The number of nitrogens with one attached hydrogen (secondary N) is 1. The molecule has 2 N–H and O–H groups in total. The minimum Gasteiger partial charge on any atom is -0.497 e. The van der Waals surface area contributed by atoms with Gasteiger partial charge in [0, 0.05) is 36.5 Å². The number of halogens is 3. The molecule has 1 heterocycles. The Kier molecular flexibility index (Phi) is 11.1. The van der Waals surface area contributed by atoms with Crippen molar-refractivity contribution in [3.63, 3.8) is 0 Å². The van der Waals surface area contributed by atoms with Crippen molar-refractivity contribution in [1.29, 1.82) is 0 Å². The van der Waals surface area contributed by atoms with E-state index < -0.39 is 35.8 Å². The summed E-state index contributed by atoms with van der Waals surface area (Å²) in [5.41, 5.74) is 8.66. The molecule has 0 aromatic heterocycles. The third kappa shape index (κ3) is 8.14. The smallest absolute Gasteiger partial charge is 0.416 e. The zero-order valence-corrected chi connectivity index (χ0v) is 26.6. The number of rotatable bonds is 14. The number of aliphatic imine (C=N–C) groups is 1. The summed E-state index contributed by atoms with van der Waals surface area (Å²) in [6.07, 6.45) is -5.27. The average molecular weight is 674 g/mol. The van der Waals surface area contributed by atoms with Crippen LogP contribution in [0.4, 0.5) is 13.2 Å². The predicted octanol–water partition coefficient (Wildman–Crippen LogP) is 7.10. The average Bonchev–Trinajstić information content (AvgIpc) is 3.50. The molecule has 0 radical (unpaired) electrons. The number of hydrogen-bond donors (Lipinski definition) is 2. The molecule has 0 saturated heterocycles. The molecule has 1 amide bonds. The van der Waals surface area contributed by atoms with Gasteiger partial charge in [-0.25, -0.2) is 4.99 Å². The monoisotopic (exact) mass is 673 g/mol. The molecule has 49 heavy (non-hydrogen) atoms. The Morgan fingerprint density at radius 1 is 1.00 bits per heavy atom. The van der Waals surface area contributed by atoms with Crippen LogP contribution in [0, 0.1) is 0 Å². The summed E-state index contributed by atoms with van der Waals surface area (Å²) in [6, 6.07) is 26.0. The van der Waals surface area contributed by atoms with Gasteiger partial charge in [-0.3, -0.25) is 4.79 Å². The molecule has 0 spiro atoms. The summed E-state index contributed by atoms with van der Waals surface area (Å²) < 4.78 is 59.3. The summed E-state index contributed by atoms with van der Waals surface area (Å²) in [7, 11) is 1.50. The fourth-order valence-electron chi connectivity index (χ4n) is 5.65. The minimum atomic E-state index is -4.63. The van der Waals surface area contributed by atoms with Gasteiger partial charge in [0.1, 0.15) is 11.5 Å². The SMILES string of the molecule is COc1cccc([C@H]2OC(c3ccc(OCCCO)cc3)=N[C@@]2(Cc2ccccc2CN=[N+]=[N-])C(=O)NCc2ccccc2C(F)(F)F)c1. The van der Waals surface area contributed by atoms with E-state index in [0.29, 0.717) is 46.8 Å². The molecule has 1 aliphatic heterocycles. The number of aliphatic hydroxyl groups excluding tert-OH is 1. The molecule has 0 fully saturated rings. The molecule has 2 atom stereocenters. The molecule has 4 aromatic rings. The second-order valence-corrected chi connectivity index (χ2v) is 11.2. The van der Waals surface area contributed by atoms with Crippen LogP contribution in [0.2, 0.25) is 0 Å². The van der Waals surface area contributed by atoms with Crippen LogP contribution < -0.4 is 14.8 Å². The van der Waals surface area contributed by atoms with Crippen LogP contribution in [0.15, 0.2) is 107 Å². The number of alkyl halides is 3. The van der Waals surface area contributed by atoms with Crippen molar-refractivity contribution < 1.29 is 37.3 Å². The van der Waals surface area contributed by atoms with Crippen molar-refractivity contribution >= 4 is 11.8 Å². The summed E-state index contributed by atoms with van der Waals surface area (Å²) in [5.74, 6) is 0.512. The van der Waals surface area contributed by atoms with E-state index in [2.05, 4.69) is 15.3 Å². The Balaban J connectivity index is 1.62. The lowest BCUT2D eigenvalue weighted by Crippen LogP contribution is -2.50. The van der Waals surface area contributed by atoms with Gasteiger partial charge in [0.2, 0.25) is 5.90 Å². The Hall–Kier alpha value is -5.52. The number of carbonyl (C=O) groups excluding carboxylic acids is 1. The van der Waals surface area contributed by atoms with E-state index in [9.17, 15) is 18.0 Å². The number of aliphatic hydroxyl groups is 1. The number of carbonyl (C=O) groups is 1. The zero-order valence-electron chi connectivity index (χ0n) is 26.6. The van der Waals surface area contributed by atoms with Gasteiger partial charge in [0.15, 0.2) is 11.6 Å². The van der Waals surface area contributed by atoms with Crippen molar-refractivity contribution in [2.75, 3.05) is 20.3 Å². The van der Waals surface area contributed by atoms with Crippen LogP contribution in [-0.4, -0.2) is 42.8 Å². The van der Waals surface area contributed by atoms with Crippen LogP contribution in [0.1, 0.15) is 45.9 Å². The van der Waals surface area contributed by atoms with E-state index in [-0.39, 0.29) is 31.0 Å². The minimum absolute atomic E-state index is 0.00231. The molecule has 13 heteroatoms. The number of amides is 1. The molecule has 4 aromatic carbocycles. The lowest BCUT2D eigenvalue weighted by molar-refractivity contribution is -0.138. The van der Waals surface area contributed by atoms with Crippen molar-refractivity contribution in [2.24, 2.45) is 10.1 Å². The van der Waals surface area contributed by atoms with Crippen molar-refractivity contribution in [3.05, 3.63) is 141 Å². The highest BCUT2D eigenvalue weighted by molar-refractivity contribution is 6.01. The molecule has 5 rings (SSSR count). The fourth-order valence-corrected chi connectivity index (χ4v) is 5.65. The molecule has 10 nitrogen and oxygen atoms in total. The molecule has 0 unspecified atom stereocenters. The Labute approximate surface area is 280 Å². The molecule has 0 bridgehead atoms. The van der Waals surface area contributed by atoms with E-state index in [1.54, 1.807) is 72.8 Å². The summed E-state index contributed by atoms with van der Waals surface area (Å²) >= 11 is 0. The maximum Gasteiger partial charge on any atom is 0.416 e.